The standard InChI is InChI=1S/C13H23N3S/c1-10-13(17-9-15-10)8-16(2)7-11-3-5-12(14)6-4-11/h9,11-12H,3-8,14H2,1-2H3. The molecule has 0 amide bonds. The van der Waals surface area contributed by atoms with Crippen LogP contribution in [0.2, 0.25) is 0 Å². The first-order valence-electron chi connectivity index (χ1n) is 6.48. The van der Waals surface area contributed by atoms with Crippen molar-refractivity contribution in [2.24, 2.45) is 11.7 Å². The fourth-order valence-electron chi connectivity index (χ4n) is 2.60. The van der Waals surface area contributed by atoms with Crippen LogP contribution in [-0.4, -0.2) is 29.5 Å². The third-order valence-corrected chi connectivity index (χ3v) is 4.64. The highest BCUT2D eigenvalue weighted by Crippen LogP contribution is 2.24. The van der Waals surface area contributed by atoms with Gasteiger partial charge < -0.3 is 10.6 Å². The van der Waals surface area contributed by atoms with Crippen molar-refractivity contribution in [3.8, 4) is 0 Å². The largest absolute Gasteiger partial charge is 0.328 e. The van der Waals surface area contributed by atoms with E-state index in [2.05, 4.69) is 23.9 Å². The van der Waals surface area contributed by atoms with Gasteiger partial charge in [0.05, 0.1) is 11.2 Å². The van der Waals surface area contributed by atoms with E-state index in [4.69, 9.17) is 5.73 Å². The normalized spacial score (nSPS) is 25.4. The van der Waals surface area contributed by atoms with E-state index in [-0.39, 0.29) is 0 Å². The van der Waals surface area contributed by atoms with Crippen LogP contribution in [0.15, 0.2) is 5.51 Å². The van der Waals surface area contributed by atoms with E-state index in [0.29, 0.717) is 6.04 Å². The zero-order valence-corrected chi connectivity index (χ0v) is 11.7. The van der Waals surface area contributed by atoms with Crippen LogP contribution in [0.3, 0.4) is 0 Å². The SMILES string of the molecule is Cc1ncsc1CN(C)CC1CCC(N)CC1. The number of nitrogens with zero attached hydrogens (tertiary/aromatic N) is 2. The van der Waals surface area contributed by atoms with Gasteiger partial charge in [-0.15, -0.1) is 11.3 Å². The molecule has 1 saturated carbocycles. The predicted molar refractivity (Wildman–Crippen MR) is 73.1 cm³/mol. The molecule has 0 radical (unpaired) electrons. The van der Waals surface area contributed by atoms with Crippen molar-refractivity contribution < 1.29 is 0 Å². The summed E-state index contributed by atoms with van der Waals surface area (Å²) < 4.78 is 0. The molecule has 1 heterocycles. The summed E-state index contributed by atoms with van der Waals surface area (Å²) in [5.41, 5.74) is 9.07. The zero-order valence-electron chi connectivity index (χ0n) is 10.9. The molecule has 0 bridgehead atoms. The highest BCUT2D eigenvalue weighted by molar-refractivity contribution is 7.09. The average molecular weight is 253 g/mol. The summed E-state index contributed by atoms with van der Waals surface area (Å²) in [6.45, 7) is 4.34. The lowest BCUT2D eigenvalue weighted by molar-refractivity contribution is 0.220. The molecule has 0 spiro atoms. The summed E-state index contributed by atoms with van der Waals surface area (Å²) in [4.78, 5) is 8.14. The minimum absolute atomic E-state index is 0.459. The zero-order chi connectivity index (χ0) is 12.3. The Bertz CT molecular complexity index is 342. The molecule has 17 heavy (non-hydrogen) atoms. The summed E-state index contributed by atoms with van der Waals surface area (Å²) in [6.07, 6.45) is 5.01. The molecule has 0 aromatic carbocycles. The van der Waals surface area contributed by atoms with Crippen LogP contribution in [0.25, 0.3) is 0 Å². The minimum atomic E-state index is 0.459. The van der Waals surface area contributed by atoms with Gasteiger partial charge in [-0.25, -0.2) is 4.98 Å². The van der Waals surface area contributed by atoms with Crippen LogP contribution in [-0.2, 0) is 6.54 Å². The smallest absolute Gasteiger partial charge is 0.0798 e. The van der Waals surface area contributed by atoms with Gasteiger partial charge in [0, 0.05) is 24.0 Å². The van der Waals surface area contributed by atoms with Crippen molar-refractivity contribution in [1.82, 2.24) is 9.88 Å². The molecule has 0 saturated heterocycles. The lowest BCUT2D eigenvalue weighted by atomic mass is 9.86. The van der Waals surface area contributed by atoms with E-state index in [1.54, 1.807) is 11.3 Å². The third kappa shape index (κ3) is 3.76. The van der Waals surface area contributed by atoms with E-state index < -0.39 is 0 Å². The monoisotopic (exact) mass is 253 g/mol. The summed E-state index contributed by atoms with van der Waals surface area (Å²) in [5.74, 6) is 0.841. The molecule has 3 nitrogen and oxygen atoms in total. The number of aryl methyl sites for hydroxylation is 1. The molecular formula is C13H23N3S. The first-order valence-corrected chi connectivity index (χ1v) is 7.36. The van der Waals surface area contributed by atoms with E-state index in [1.807, 2.05) is 5.51 Å². The van der Waals surface area contributed by atoms with E-state index in [0.717, 1.165) is 12.5 Å². The third-order valence-electron chi connectivity index (χ3n) is 3.72. The molecule has 1 aromatic rings. The summed E-state index contributed by atoms with van der Waals surface area (Å²) in [7, 11) is 2.22. The number of rotatable bonds is 4. The highest BCUT2D eigenvalue weighted by atomic mass is 32.1. The lowest BCUT2D eigenvalue weighted by Crippen LogP contribution is -2.32. The molecule has 2 rings (SSSR count). The predicted octanol–water partition coefficient (Wildman–Crippen LogP) is 2.40. The van der Waals surface area contributed by atoms with Gasteiger partial charge in [-0.3, -0.25) is 0 Å². The number of hydrogen-bond donors (Lipinski definition) is 1. The molecule has 0 unspecified atom stereocenters. The molecule has 1 aromatic heterocycles. The van der Waals surface area contributed by atoms with Gasteiger partial charge in [0.1, 0.15) is 0 Å². The topological polar surface area (TPSA) is 42.2 Å². The Labute approximate surface area is 108 Å². The molecule has 0 aliphatic heterocycles. The van der Waals surface area contributed by atoms with Crippen LogP contribution in [0.4, 0.5) is 0 Å². The summed E-state index contributed by atoms with van der Waals surface area (Å²) >= 11 is 1.77. The van der Waals surface area contributed by atoms with Crippen molar-refractivity contribution >= 4 is 11.3 Å². The number of nitrogens with two attached hydrogens (primary N) is 1. The molecule has 96 valence electrons. The fraction of sp³-hybridized carbons (Fsp3) is 0.769. The number of thiazole rings is 1. The fourth-order valence-corrected chi connectivity index (χ4v) is 3.46. The molecule has 4 heteroatoms. The summed E-state index contributed by atoms with van der Waals surface area (Å²) in [5, 5.41) is 0. The van der Waals surface area contributed by atoms with Crippen LogP contribution in [0.1, 0.15) is 36.3 Å². The second kappa shape index (κ2) is 5.94. The van der Waals surface area contributed by atoms with Crippen molar-refractivity contribution in [2.45, 2.75) is 45.2 Å². The average Bonchev–Trinajstić information content (AvgIpc) is 2.68. The highest BCUT2D eigenvalue weighted by Gasteiger charge is 2.20. The van der Waals surface area contributed by atoms with Gasteiger partial charge in [-0.05, 0) is 45.6 Å². The van der Waals surface area contributed by atoms with Crippen LogP contribution in [0, 0.1) is 12.8 Å². The Morgan fingerprint density at radius 1 is 1.41 bits per heavy atom. The van der Waals surface area contributed by atoms with E-state index in [1.165, 1.54) is 42.8 Å². The number of aromatic nitrogens is 1. The van der Waals surface area contributed by atoms with Gasteiger partial charge in [-0.1, -0.05) is 0 Å². The van der Waals surface area contributed by atoms with Crippen molar-refractivity contribution in [1.29, 1.82) is 0 Å². The van der Waals surface area contributed by atoms with Crippen LogP contribution < -0.4 is 5.73 Å². The Balaban J connectivity index is 1.77. The molecule has 1 fully saturated rings. The lowest BCUT2D eigenvalue weighted by Gasteiger charge is -2.29. The maximum Gasteiger partial charge on any atom is 0.0798 e. The van der Waals surface area contributed by atoms with Gasteiger partial charge in [0.2, 0.25) is 0 Å². The number of hydrogen-bond acceptors (Lipinski definition) is 4. The van der Waals surface area contributed by atoms with Crippen molar-refractivity contribution in [2.75, 3.05) is 13.6 Å². The second-order valence-corrected chi connectivity index (χ2v) is 6.28. The van der Waals surface area contributed by atoms with Crippen LogP contribution >= 0.6 is 11.3 Å². The maximum absolute atomic E-state index is 5.94. The first-order chi connectivity index (χ1) is 8.15. The van der Waals surface area contributed by atoms with Gasteiger partial charge in [-0.2, -0.15) is 0 Å². The Morgan fingerprint density at radius 2 is 2.12 bits per heavy atom. The Morgan fingerprint density at radius 3 is 2.71 bits per heavy atom. The quantitative estimate of drug-likeness (QED) is 0.896. The van der Waals surface area contributed by atoms with Crippen molar-refractivity contribution in [3.63, 3.8) is 0 Å². The Kier molecular flexibility index (Phi) is 4.54. The Hall–Kier alpha value is -0.450. The molecule has 1 aliphatic rings. The van der Waals surface area contributed by atoms with Crippen molar-refractivity contribution in [3.05, 3.63) is 16.1 Å². The molecular weight excluding hydrogens is 230 g/mol. The molecule has 2 N–H and O–H groups in total. The van der Waals surface area contributed by atoms with Crippen LogP contribution in [0.5, 0.6) is 0 Å². The van der Waals surface area contributed by atoms with E-state index in [9.17, 15) is 0 Å². The van der Waals surface area contributed by atoms with Gasteiger partial charge >= 0.3 is 0 Å². The van der Waals surface area contributed by atoms with Gasteiger partial charge in [0.15, 0.2) is 0 Å². The minimum Gasteiger partial charge on any atom is -0.328 e. The van der Waals surface area contributed by atoms with E-state index >= 15 is 0 Å². The summed E-state index contributed by atoms with van der Waals surface area (Å²) in [6, 6.07) is 0.459. The first kappa shape index (κ1) is 13.0. The molecule has 1 aliphatic carbocycles. The second-order valence-electron chi connectivity index (χ2n) is 5.34. The molecule has 0 atom stereocenters. The van der Waals surface area contributed by atoms with Gasteiger partial charge in [0.25, 0.3) is 0 Å². The maximum atomic E-state index is 5.94.